The minimum atomic E-state index is -3.04. The van der Waals surface area contributed by atoms with Gasteiger partial charge in [-0.2, -0.15) is 0 Å². The predicted molar refractivity (Wildman–Crippen MR) is 81.2 cm³/mol. The van der Waals surface area contributed by atoms with Gasteiger partial charge in [0.15, 0.2) is 9.84 Å². The number of sulfone groups is 1. The fourth-order valence-corrected chi connectivity index (χ4v) is 2.93. The molecule has 0 bridgehead atoms. The van der Waals surface area contributed by atoms with Crippen molar-refractivity contribution < 1.29 is 13.2 Å². The zero-order valence-corrected chi connectivity index (χ0v) is 14.3. The molecule has 0 radical (unpaired) electrons. The number of hydrogen-bond acceptors (Lipinski definition) is 3. The Balaban J connectivity index is 2.65. The normalized spacial score (nSPS) is 11.8. The van der Waals surface area contributed by atoms with Crippen molar-refractivity contribution in [2.75, 3.05) is 12.4 Å². The second-order valence-corrected chi connectivity index (χ2v) is 8.30. The molecule has 0 aromatic heterocycles. The first-order chi connectivity index (χ1) is 8.36. The first-order valence-electron chi connectivity index (χ1n) is 5.55. The predicted octanol–water partition coefficient (Wildman–Crippen LogP) is 3.55. The summed E-state index contributed by atoms with van der Waals surface area (Å²) >= 11 is 6.76. The van der Waals surface area contributed by atoms with Crippen LogP contribution < -0.4 is 4.74 Å². The van der Waals surface area contributed by atoms with Crippen LogP contribution in [-0.2, 0) is 15.2 Å². The molecular weight excluding hydrogens is 384 g/mol. The van der Waals surface area contributed by atoms with E-state index in [9.17, 15) is 8.42 Å². The molecule has 0 N–H and O–H groups in total. The second-order valence-electron chi connectivity index (χ2n) is 4.15. The molecule has 0 saturated carbocycles. The van der Waals surface area contributed by atoms with E-state index in [1.54, 1.807) is 13.8 Å². The number of hydrogen-bond donors (Lipinski definition) is 0. The summed E-state index contributed by atoms with van der Waals surface area (Å²) < 4.78 is 29.8. The van der Waals surface area contributed by atoms with Gasteiger partial charge >= 0.3 is 0 Å². The molecule has 0 fully saturated rings. The highest BCUT2D eigenvalue weighted by Gasteiger charge is 2.16. The summed E-state index contributed by atoms with van der Waals surface area (Å²) in [7, 11) is -3.04. The van der Waals surface area contributed by atoms with Gasteiger partial charge in [0.2, 0.25) is 0 Å². The van der Waals surface area contributed by atoms with Crippen LogP contribution in [0.5, 0.6) is 5.75 Å². The molecule has 0 amide bonds. The van der Waals surface area contributed by atoms with Gasteiger partial charge in [0, 0.05) is 15.4 Å². The Hall–Kier alpha value is -0.0700. The van der Waals surface area contributed by atoms with Crippen LogP contribution >= 0.6 is 31.9 Å². The van der Waals surface area contributed by atoms with E-state index in [0.717, 1.165) is 10.0 Å². The molecule has 6 heteroatoms. The summed E-state index contributed by atoms with van der Waals surface area (Å²) in [6.45, 7) is 3.54. The van der Waals surface area contributed by atoms with E-state index in [-0.39, 0.29) is 17.6 Å². The summed E-state index contributed by atoms with van der Waals surface area (Å²) in [6.07, 6.45) is 0. The first-order valence-corrected chi connectivity index (χ1v) is 9.18. The van der Waals surface area contributed by atoms with Crippen molar-refractivity contribution in [1.29, 1.82) is 0 Å². The van der Waals surface area contributed by atoms with Crippen molar-refractivity contribution >= 4 is 41.7 Å². The van der Waals surface area contributed by atoms with Crippen LogP contribution in [0.4, 0.5) is 0 Å². The Labute approximate surface area is 125 Å². The molecule has 0 aliphatic heterocycles. The Morgan fingerprint density at radius 3 is 2.56 bits per heavy atom. The van der Waals surface area contributed by atoms with E-state index < -0.39 is 9.84 Å². The molecule has 0 aliphatic carbocycles. The standard InChI is InChI=1S/C12H16Br2O3S/c1-9(2)18(15,16)6-5-17-12-4-3-11(14)7-10(12)8-13/h3-4,7,9H,5-6,8H2,1-2H3. The SMILES string of the molecule is CC(C)S(=O)(=O)CCOc1ccc(Br)cc1CBr. The van der Waals surface area contributed by atoms with Gasteiger partial charge in [-0.15, -0.1) is 0 Å². The van der Waals surface area contributed by atoms with Gasteiger partial charge in [-0.3, -0.25) is 0 Å². The van der Waals surface area contributed by atoms with E-state index in [4.69, 9.17) is 4.74 Å². The number of alkyl halides is 1. The third kappa shape index (κ3) is 4.55. The maximum Gasteiger partial charge on any atom is 0.155 e. The van der Waals surface area contributed by atoms with E-state index in [1.165, 1.54) is 0 Å². The zero-order valence-electron chi connectivity index (χ0n) is 10.3. The molecule has 1 rings (SSSR count). The van der Waals surface area contributed by atoms with Gasteiger partial charge in [0.05, 0.1) is 11.0 Å². The topological polar surface area (TPSA) is 43.4 Å². The van der Waals surface area contributed by atoms with Crippen LogP contribution in [0.1, 0.15) is 19.4 Å². The van der Waals surface area contributed by atoms with Crippen molar-refractivity contribution in [1.82, 2.24) is 0 Å². The number of rotatable bonds is 6. The maximum absolute atomic E-state index is 11.6. The molecule has 0 atom stereocenters. The lowest BCUT2D eigenvalue weighted by Gasteiger charge is -2.12. The molecule has 102 valence electrons. The number of halogens is 2. The lowest BCUT2D eigenvalue weighted by Crippen LogP contribution is -2.22. The molecule has 0 spiro atoms. The Bertz CT molecular complexity index is 498. The summed E-state index contributed by atoms with van der Waals surface area (Å²) in [5.41, 5.74) is 0.992. The van der Waals surface area contributed by atoms with Gasteiger partial charge < -0.3 is 4.74 Å². The van der Waals surface area contributed by atoms with E-state index in [2.05, 4.69) is 31.9 Å². The molecule has 1 aromatic carbocycles. The summed E-state index contributed by atoms with van der Waals surface area (Å²) in [4.78, 5) is 0. The highest BCUT2D eigenvalue weighted by Crippen LogP contribution is 2.25. The average Bonchev–Trinajstić information content (AvgIpc) is 2.30. The van der Waals surface area contributed by atoms with Crippen LogP contribution in [0.2, 0.25) is 0 Å². The zero-order chi connectivity index (χ0) is 13.8. The minimum Gasteiger partial charge on any atom is -0.492 e. The smallest absolute Gasteiger partial charge is 0.155 e. The molecule has 0 heterocycles. The molecule has 0 unspecified atom stereocenters. The fourth-order valence-electron chi connectivity index (χ4n) is 1.30. The van der Waals surface area contributed by atoms with Crippen molar-refractivity contribution in [3.63, 3.8) is 0 Å². The van der Waals surface area contributed by atoms with E-state index in [1.807, 2.05) is 18.2 Å². The monoisotopic (exact) mass is 398 g/mol. The van der Waals surface area contributed by atoms with Gasteiger partial charge in [-0.05, 0) is 32.0 Å². The quantitative estimate of drug-likeness (QED) is 0.687. The molecule has 0 saturated heterocycles. The van der Waals surface area contributed by atoms with Gasteiger partial charge in [0.25, 0.3) is 0 Å². The van der Waals surface area contributed by atoms with Crippen molar-refractivity contribution in [3.8, 4) is 5.75 Å². The lowest BCUT2D eigenvalue weighted by atomic mass is 10.2. The van der Waals surface area contributed by atoms with E-state index in [0.29, 0.717) is 11.1 Å². The molecule has 0 aliphatic rings. The van der Waals surface area contributed by atoms with Crippen LogP contribution in [0, 0.1) is 0 Å². The Morgan fingerprint density at radius 1 is 1.33 bits per heavy atom. The third-order valence-corrected chi connectivity index (χ3v) is 5.78. The van der Waals surface area contributed by atoms with Gasteiger partial charge in [-0.1, -0.05) is 31.9 Å². The van der Waals surface area contributed by atoms with Crippen LogP contribution in [0.15, 0.2) is 22.7 Å². The molecule has 1 aromatic rings. The maximum atomic E-state index is 11.6. The molecular formula is C12H16Br2O3S. The largest absolute Gasteiger partial charge is 0.492 e. The van der Waals surface area contributed by atoms with Gasteiger partial charge in [-0.25, -0.2) is 8.42 Å². The highest BCUT2D eigenvalue weighted by molar-refractivity contribution is 9.10. The molecule has 18 heavy (non-hydrogen) atoms. The Morgan fingerprint density at radius 2 is 2.00 bits per heavy atom. The summed E-state index contributed by atoms with van der Waals surface area (Å²) in [5.74, 6) is 0.761. The van der Waals surface area contributed by atoms with Crippen molar-refractivity contribution in [3.05, 3.63) is 28.2 Å². The van der Waals surface area contributed by atoms with Crippen LogP contribution in [-0.4, -0.2) is 26.0 Å². The van der Waals surface area contributed by atoms with Gasteiger partial charge in [0.1, 0.15) is 12.4 Å². The van der Waals surface area contributed by atoms with Crippen LogP contribution in [0.25, 0.3) is 0 Å². The third-order valence-electron chi connectivity index (χ3n) is 2.51. The first kappa shape index (κ1) is 16.0. The highest BCUT2D eigenvalue weighted by atomic mass is 79.9. The van der Waals surface area contributed by atoms with Crippen LogP contribution in [0.3, 0.4) is 0 Å². The van der Waals surface area contributed by atoms with E-state index >= 15 is 0 Å². The van der Waals surface area contributed by atoms with Crippen molar-refractivity contribution in [2.24, 2.45) is 0 Å². The lowest BCUT2D eigenvalue weighted by molar-refractivity contribution is 0.338. The fraction of sp³-hybridized carbons (Fsp3) is 0.500. The minimum absolute atomic E-state index is 0.0441. The number of ether oxygens (including phenoxy) is 1. The Kier molecular flexibility index (Phi) is 6.14. The van der Waals surface area contributed by atoms with Crippen molar-refractivity contribution in [2.45, 2.75) is 24.4 Å². The summed E-state index contributed by atoms with van der Waals surface area (Å²) in [6, 6.07) is 5.65. The average molecular weight is 400 g/mol. The summed E-state index contributed by atoms with van der Waals surface area (Å²) in [5, 5.41) is 0.306. The molecule has 3 nitrogen and oxygen atoms in total. The number of benzene rings is 1. The second kappa shape index (κ2) is 6.91.